The minimum Gasteiger partial charge on any atom is -0.469 e. The zero-order valence-electron chi connectivity index (χ0n) is 9.65. The lowest BCUT2D eigenvalue weighted by atomic mass is 10.1. The molecule has 1 fully saturated rings. The molecule has 1 heterocycles. The van der Waals surface area contributed by atoms with Crippen molar-refractivity contribution >= 4 is 40.9 Å². The predicted molar refractivity (Wildman–Crippen MR) is 68.9 cm³/mol. The van der Waals surface area contributed by atoms with Crippen molar-refractivity contribution < 1.29 is 9.53 Å². The van der Waals surface area contributed by atoms with Crippen LogP contribution in [0.25, 0.3) is 0 Å². The van der Waals surface area contributed by atoms with Crippen LogP contribution in [0.5, 0.6) is 0 Å². The van der Waals surface area contributed by atoms with Crippen LogP contribution in [0.2, 0.25) is 10.4 Å². The number of aromatic nitrogens is 3. The topological polar surface area (TPSA) is 65.0 Å². The maximum Gasteiger partial charge on any atom is 0.306 e. The van der Waals surface area contributed by atoms with E-state index < -0.39 is 0 Å². The highest BCUT2D eigenvalue weighted by Crippen LogP contribution is 2.52. The van der Waals surface area contributed by atoms with Gasteiger partial charge in [-0.3, -0.25) is 4.79 Å². The first kappa shape index (κ1) is 13.8. The average Bonchev–Trinajstić information content (AvgIpc) is 3.10. The van der Waals surface area contributed by atoms with Gasteiger partial charge in [0.05, 0.1) is 13.5 Å². The van der Waals surface area contributed by atoms with Gasteiger partial charge in [-0.1, -0.05) is 11.6 Å². The van der Waals surface area contributed by atoms with E-state index in [4.69, 9.17) is 23.2 Å². The second-order valence-electron chi connectivity index (χ2n) is 4.22. The van der Waals surface area contributed by atoms with Crippen LogP contribution >= 0.6 is 35.0 Å². The molecule has 2 rings (SSSR count). The number of ether oxygens (including phenoxy) is 1. The Morgan fingerprint density at radius 2 is 2.17 bits per heavy atom. The summed E-state index contributed by atoms with van der Waals surface area (Å²) in [6.07, 6.45) is 2.46. The molecule has 18 heavy (non-hydrogen) atoms. The number of hydrogen-bond acceptors (Lipinski definition) is 6. The normalized spacial score (nSPS) is 16.4. The van der Waals surface area contributed by atoms with E-state index in [-0.39, 0.29) is 21.8 Å². The van der Waals surface area contributed by atoms with Gasteiger partial charge in [0, 0.05) is 5.75 Å². The van der Waals surface area contributed by atoms with Crippen molar-refractivity contribution in [3.05, 3.63) is 10.4 Å². The van der Waals surface area contributed by atoms with Crippen LogP contribution in [-0.4, -0.2) is 34.0 Å². The van der Waals surface area contributed by atoms with Crippen molar-refractivity contribution in [2.75, 3.05) is 12.9 Å². The number of methoxy groups -OCH3 is 1. The monoisotopic (exact) mass is 307 g/mol. The van der Waals surface area contributed by atoms with E-state index in [1.165, 1.54) is 18.9 Å². The Labute approximate surface area is 119 Å². The van der Waals surface area contributed by atoms with E-state index in [9.17, 15) is 4.79 Å². The van der Waals surface area contributed by atoms with E-state index in [1.807, 2.05) is 0 Å². The van der Waals surface area contributed by atoms with Gasteiger partial charge in [-0.05, 0) is 29.9 Å². The third-order valence-electron chi connectivity index (χ3n) is 2.81. The highest BCUT2D eigenvalue weighted by atomic mass is 35.5. The van der Waals surface area contributed by atoms with E-state index in [1.54, 1.807) is 0 Å². The molecule has 0 N–H and O–H groups in total. The summed E-state index contributed by atoms with van der Waals surface area (Å²) >= 11 is 13.0. The Hall–Kier alpha value is -0.590. The molecule has 0 bridgehead atoms. The molecule has 0 radical (unpaired) electrons. The average molecular weight is 308 g/mol. The molecule has 1 aliphatic rings. The molecule has 0 saturated heterocycles. The summed E-state index contributed by atoms with van der Waals surface area (Å²) in [7, 11) is 1.40. The van der Waals surface area contributed by atoms with Gasteiger partial charge in [0.2, 0.25) is 5.28 Å². The lowest BCUT2D eigenvalue weighted by Crippen LogP contribution is -2.13. The number of esters is 1. The highest BCUT2D eigenvalue weighted by Gasteiger charge is 2.44. The molecule has 0 atom stereocenters. The van der Waals surface area contributed by atoms with Gasteiger partial charge in [0.1, 0.15) is 5.03 Å². The third kappa shape index (κ3) is 3.46. The third-order valence-corrected chi connectivity index (χ3v) is 4.65. The fourth-order valence-electron chi connectivity index (χ4n) is 1.52. The number of halogens is 2. The molecule has 0 unspecified atom stereocenters. The molecule has 5 nitrogen and oxygen atoms in total. The summed E-state index contributed by atoms with van der Waals surface area (Å²) in [5.74, 6) is 0.564. The molecule has 1 aromatic rings. The Balaban J connectivity index is 1.95. The molecule has 1 saturated carbocycles. The Morgan fingerprint density at radius 3 is 2.78 bits per heavy atom. The van der Waals surface area contributed by atoms with E-state index >= 15 is 0 Å². The number of carbonyl (C=O) groups is 1. The Morgan fingerprint density at radius 1 is 1.44 bits per heavy atom. The maximum atomic E-state index is 11.3. The van der Waals surface area contributed by atoms with Gasteiger partial charge < -0.3 is 4.74 Å². The van der Waals surface area contributed by atoms with Crippen LogP contribution in [0, 0.1) is 5.41 Å². The fourth-order valence-corrected chi connectivity index (χ4v) is 3.08. The van der Waals surface area contributed by atoms with Crippen LogP contribution in [0.1, 0.15) is 19.3 Å². The molecule has 1 aromatic heterocycles. The van der Waals surface area contributed by atoms with Crippen molar-refractivity contribution in [3.8, 4) is 0 Å². The molecular weight excluding hydrogens is 297 g/mol. The summed E-state index contributed by atoms with van der Waals surface area (Å²) in [6, 6.07) is 0. The van der Waals surface area contributed by atoms with E-state index in [0.29, 0.717) is 11.4 Å². The standard InChI is InChI=1S/C10H11Cl2N3O2S/c1-17-6(16)4-10(2-3-10)5-18-8-7(11)14-15-9(12)13-8/h2-5H2,1H3. The second-order valence-corrected chi connectivity index (χ2v) is 5.88. The van der Waals surface area contributed by atoms with Gasteiger partial charge in [-0.2, -0.15) is 0 Å². The summed E-state index contributed by atoms with van der Waals surface area (Å²) in [6.45, 7) is 0. The van der Waals surface area contributed by atoms with Gasteiger partial charge in [0.25, 0.3) is 0 Å². The van der Waals surface area contributed by atoms with Gasteiger partial charge in [-0.15, -0.1) is 22.0 Å². The molecule has 1 aliphatic carbocycles. The number of hydrogen-bond donors (Lipinski definition) is 0. The Bertz CT molecular complexity index is 468. The first-order chi connectivity index (χ1) is 8.54. The van der Waals surface area contributed by atoms with E-state index in [2.05, 4.69) is 19.9 Å². The van der Waals surface area contributed by atoms with Crippen LogP contribution in [-0.2, 0) is 9.53 Å². The SMILES string of the molecule is COC(=O)CC1(CSc2nc(Cl)nnc2Cl)CC1. The van der Waals surface area contributed by atoms with Crippen molar-refractivity contribution in [1.29, 1.82) is 0 Å². The van der Waals surface area contributed by atoms with Gasteiger partial charge >= 0.3 is 5.97 Å². The van der Waals surface area contributed by atoms with Crippen LogP contribution in [0.4, 0.5) is 0 Å². The molecule has 0 aromatic carbocycles. The lowest BCUT2D eigenvalue weighted by Gasteiger charge is -2.12. The van der Waals surface area contributed by atoms with Gasteiger partial charge in [0.15, 0.2) is 5.15 Å². The summed E-state index contributed by atoms with van der Waals surface area (Å²) in [5, 5.41) is 8.08. The van der Waals surface area contributed by atoms with Crippen molar-refractivity contribution in [2.24, 2.45) is 5.41 Å². The first-order valence-electron chi connectivity index (χ1n) is 5.30. The molecule has 0 amide bonds. The maximum absolute atomic E-state index is 11.3. The fraction of sp³-hybridized carbons (Fsp3) is 0.600. The number of rotatable bonds is 5. The van der Waals surface area contributed by atoms with Crippen molar-refractivity contribution in [3.63, 3.8) is 0 Å². The number of carbonyl (C=O) groups excluding carboxylic acids is 1. The summed E-state index contributed by atoms with van der Waals surface area (Å²) < 4.78 is 4.69. The second kappa shape index (κ2) is 5.59. The molecule has 0 spiro atoms. The van der Waals surface area contributed by atoms with Gasteiger partial charge in [-0.25, -0.2) is 4.98 Å². The molecule has 0 aliphatic heterocycles. The van der Waals surface area contributed by atoms with Crippen LogP contribution < -0.4 is 0 Å². The molecule has 8 heteroatoms. The number of nitrogens with zero attached hydrogens (tertiary/aromatic N) is 3. The number of thioether (sulfide) groups is 1. The molecule has 98 valence electrons. The lowest BCUT2D eigenvalue weighted by molar-refractivity contribution is -0.141. The van der Waals surface area contributed by atoms with Crippen LogP contribution in [0.3, 0.4) is 0 Å². The Kier molecular flexibility index (Phi) is 4.29. The zero-order chi connectivity index (χ0) is 13.2. The summed E-state index contributed by atoms with van der Waals surface area (Å²) in [5.41, 5.74) is 0.0124. The largest absolute Gasteiger partial charge is 0.469 e. The van der Waals surface area contributed by atoms with Crippen molar-refractivity contribution in [2.45, 2.75) is 24.3 Å². The minimum absolute atomic E-state index is 0.0124. The van der Waals surface area contributed by atoms with Crippen LogP contribution in [0.15, 0.2) is 5.03 Å². The first-order valence-corrected chi connectivity index (χ1v) is 7.04. The van der Waals surface area contributed by atoms with Crippen molar-refractivity contribution in [1.82, 2.24) is 15.2 Å². The predicted octanol–water partition coefficient (Wildman–Crippen LogP) is 2.61. The minimum atomic E-state index is -0.182. The highest BCUT2D eigenvalue weighted by molar-refractivity contribution is 7.99. The quantitative estimate of drug-likeness (QED) is 0.615. The zero-order valence-corrected chi connectivity index (χ0v) is 12.0. The molecular formula is C10H11Cl2N3O2S. The smallest absolute Gasteiger partial charge is 0.306 e. The summed E-state index contributed by atoms with van der Waals surface area (Å²) in [4.78, 5) is 15.3. The van der Waals surface area contributed by atoms with E-state index in [0.717, 1.165) is 18.6 Å².